The van der Waals surface area contributed by atoms with Crippen LogP contribution in [0.15, 0.2) is 42.2 Å². The molecule has 1 aliphatic carbocycles. The minimum Gasteiger partial charge on any atom is -0.510 e. The molecular formula is C20H22N2O4. The van der Waals surface area contributed by atoms with E-state index in [0.29, 0.717) is 11.1 Å². The molecule has 136 valence electrons. The van der Waals surface area contributed by atoms with Gasteiger partial charge in [0.05, 0.1) is 5.57 Å². The van der Waals surface area contributed by atoms with Crippen molar-refractivity contribution < 1.29 is 20.1 Å². The number of allylic oxidation sites excluding steroid dienone is 2. The predicted molar refractivity (Wildman–Crippen MR) is 102 cm³/mol. The summed E-state index contributed by atoms with van der Waals surface area (Å²) in [5.41, 5.74) is 2.31. The fourth-order valence-electron chi connectivity index (χ4n) is 3.08. The fourth-order valence-corrected chi connectivity index (χ4v) is 3.08. The molecule has 2 aromatic carbocycles. The molecule has 1 unspecified atom stereocenters. The highest BCUT2D eigenvalue weighted by atomic mass is 16.3. The number of phenols is 2. The van der Waals surface area contributed by atoms with Gasteiger partial charge in [-0.15, -0.1) is 0 Å². The monoisotopic (exact) mass is 354 g/mol. The van der Waals surface area contributed by atoms with Crippen LogP contribution in [-0.4, -0.2) is 49.3 Å². The maximum absolute atomic E-state index is 12.7. The number of hydrogen-bond donors (Lipinski definition) is 3. The average molecular weight is 354 g/mol. The summed E-state index contributed by atoms with van der Waals surface area (Å²) in [5, 5.41) is 31.0. The first-order valence-corrected chi connectivity index (χ1v) is 8.20. The summed E-state index contributed by atoms with van der Waals surface area (Å²) in [6, 6.07) is 9.88. The van der Waals surface area contributed by atoms with Gasteiger partial charge in [0, 0.05) is 62.8 Å². The number of aromatic hydroxyl groups is 2. The van der Waals surface area contributed by atoms with Crippen LogP contribution >= 0.6 is 0 Å². The van der Waals surface area contributed by atoms with Crippen LogP contribution in [0.3, 0.4) is 0 Å². The Balaban J connectivity index is 1.99. The minimum absolute atomic E-state index is 0.0488. The second kappa shape index (κ2) is 6.29. The van der Waals surface area contributed by atoms with E-state index >= 15 is 0 Å². The van der Waals surface area contributed by atoms with Gasteiger partial charge in [-0.1, -0.05) is 6.07 Å². The van der Waals surface area contributed by atoms with Crippen molar-refractivity contribution in [2.24, 2.45) is 0 Å². The van der Waals surface area contributed by atoms with Crippen LogP contribution in [0.2, 0.25) is 0 Å². The van der Waals surface area contributed by atoms with Crippen LogP contribution in [0.25, 0.3) is 5.57 Å². The smallest absolute Gasteiger partial charge is 0.182 e. The van der Waals surface area contributed by atoms with Crippen LogP contribution in [0.1, 0.15) is 17.0 Å². The summed E-state index contributed by atoms with van der Waals surface area (Å²) in [4.78, 5) is 16.3. The molecule has 3 rings (SSSR count). The van der Waals surface area contributed by atoms with Gasteiger partial charge in [-0.05, 0) is 18.2 Å². The van der Waals surface area contributed by atoms with Crippen molar-refractivity contribution in [3.63, 3.8) is 0 Å². The summed E-state index contributed by atoms with van der Waals surface area (Å²) in [6.45, 7) is 0. The van der Waals surface area contributed by atoms with Crippen molar-refractivity contribution in [1.29, 1.82) is 0 Å². The van der Waals surface area contributed by atoms with Gasteiger partial charge in [0.2, 0.25) is 0 Å². The fraction of sp³-hybridized carbons (Fsp3) is 0.250. The first kappa shape index (κ1) is 17.7. The Morgan fingerprint density at radius 1 is 0.808 bits per heavy atom. The highest BCUT2D eigenvalue weighted by molar-refractivity contribution is 6.32. The van der Waals surface area contributed by atoms with Crippen LogP contribution in [-0.2, 0) is 4.79 Å². The summed E-state index contributed by atoms with van der Waals surface area (Å²) in [6.07, 6.45) is 0. The lowest BCUT2D eigenvalue weighted by Gasteiger charge is -2.29. The molecule has 0 saturated heterocycles. The summed E-state index contributed by atoms with van der Waals surface area (Å²) >= 11 is 0. The number of aliphatic hydroxyl groups excluding tert-OH is 1. The normalized spacial score (nSPS) is 16.5. The van der Waals surface area contributed by atoms with E-state index in [4.69, 9.17) is 0 Å². The molecule has 0 heterocycles. The van der Waals surface area contributed by atoms with Crippen molar-refractivity contribution >= 4 is 22.7 Å². The van der Waals surface area contributed by atoms with Gasteiger partial charge in [0.15, 0.2) is 5.78 Å². The number of nitrogens with zero attached hydrogens (tertiary/aromatic N) is 2. The van der Waals surface area contributed by atoms with E-state index in [0.717, 1.165) is 11.4 Å². The van der Waals surface area contributed by atoms with E-state index in [1.54, 1.807) is 36.4 Å². The molecule has 1 atom stereocenters. The molecule has 3 N–H and O–H groups in total. The van der Waals surface area contributed by atoms with Crippen molar-refractivity contribution in [1.82, 2.24) is 0 Å². The van der Waals surface area contributed by atoms with Crippen LogP contribution in [0.5, 0.6) is 11.5 Å². The molecule has 6 heteroatoms. The van der Waals surface area contributed by atoms with Gasteiger partial charge in [0.1, 0.15) is 23.2 Å². The zero-order chi connectivity index (χ0) is 19.2. The molecule has 0 aliphatic heterocycles. The molecule has 0 radical (unpaired) electrons. The lowest BCUT2D eigenvalue weighted by atomic mass is 9.74. The molecule has 0 bridgehead atoms. The van der Waals surface area contributed by atoms with Gasteiger partial charge in [-0.3, -0.25) is 4.79 Å². The van der Waals surface area contributed by atoms with Gasteiger partial charge in [-0.25, -0.2) is 0 Å². The average Bonchev–Trinajstić information content (AvgIpc) is 2.58. The van der Waals surface area contributed by atoms with E-state index in [2.05, 4.69) is 0 Å². The molecule has 1 aliphatic rings. The maximum Gasteiger partial charge on any atom is 0.182 e. The minimum atomic E-state index is -0.908. The molecule has 26 heavy (non-hydrogen) atoms. The number of ketones is 1. The SMILES string of the molecule is CN(C)c1ccc(C2=C(O)C(c3ccc(N(C)C)cc3O)C2=O)c(O)c1. The van der Waals surface area contributed by atoms with Crippen LogP contribution in [0.4, 0.5) is 11.4 Å². The van der Waals surface area contributed by atoms with Crippen molar-refractivity contribution in [3.8, 4) is 11.5 Å². The van der Waals surface area contributed by atoms with Gasteiger partial charge in [0.25, 0.3) is 0 Å². The lowest BCUT2D eigenvalue weighted by Crippen LogP contribution is -2.28. The Labute approximate surface area is 152 Å². The Morgan fingerprint density at radius 2 is 1.35 bits per heavy atom. The number of Topliss-reactive ketones (excluding diaryl/α,β-unsaturated/α-hetero) is 1. The molecular weight excluding hydrogens is 332 g/mol. The Kier molecular flexibility index (Phi) is 4.28. The number of anilines is 2. The summed E-state index contributed by atoms with van der Waals surface area (Å²) in [7, 11) is 7.38. The molecule has 0 aromatic heterocycles. The van der Waals surface area contributed by atoms with Gasteiger partial charge < -0.3 is 25.1 Å². The van der Waals surface area contributed by atoms with Crippen LogP contribution < -0.4 is 9.80 Å². The number of hydrogen-bond acceptors (Lipinski definition) is 6. The van der Waals surface area contributed by atoms with E-state index in [1.807, 2.05) is 38.0 Å². The number of aliphatic hydroxyl groups is 1. The third-order valence-electron chi connectivity index (χ3n) is 4.65. The van der Waals surface area contributed by atoms with E-state index in [9.17, 15) is 20.1 Å². The highest BCUT2D eigenvalue weighted by Crippen LogP contribution is 2.48. The van der Waals surface area contributed by atoms with E-state index < -0.39 is 5.92 Å². The topological polar surface area (TPSA) is 84.2 Å². The summed E-state index contributed by atoms with van der Waals surface area (Å²) in [5.74, 6) is -1.50. The lowest BCUT2D eigenvalue weighted by molar-refractivity contribution is -0.116. The largest absolute Gasteiger partial charge is 0.510 e. The first-order valence-electron chi connectivity index (χ1n) is 8.20. The van der Waals surface area contributed by atoms with Crippen molar-refractivity contribution in [2.45, 2.75) is 5.92 Å². The molecule has 2 aromatic rings. The third-order valence-corrected chi connectivity index (χ3v) is 4.65. The number of phenolic OH excluding ortho intramolecular Hbond substituents is 2. The van der Waals surface area contributed by atoms with Crippen LogP contribution in [0, 0.1) is 0 Å². The quantitative estimate of drug-likeness (QED) is 0.783. The molecule has 0 fully saturated rings. The number of rotatable bonds is 4. The maximum atomic E-state index is 12.7. The van der Waals surface area contributed by atoms with Crippen molar-refractivity contribution in [3.05, 3.63) is 53.3 Å². The second-order valence-electron chi connectivity index (χ2n) is 6.79. The van der Waals surface area contributed by atoms with E-state index in [-0.39, 0.29) is 28.6 Å². The Bertz CT molecular complexity index is 916. The van der Waals surface area contributed by atoms with Gasteiger partial charge in [-0.2, -0.15) is 0 Å². The zero-order valence-electron chi connectivity index (χ0n) is 15.2. The summed E-state index contributed by atoms with van der Waals surface area (Å²) < 4.78 is 0. The molecule has 0 spiro atoms. The highest BCUT2D eigenvalue weighted by Gasteiger charge is 2.43. The number of carbonyl (C=O) groups is 1. The number of carbonyl (C=O) groups excluding carboxylic acids is 1. The molecule has 6 nitrogen and oxygen atoms in total. The molecule has 0 saturated carbocycles. The van der Waals surface area contributed by atoms with Gasteiger partial charge >= 0.3 is 0 Å². The first-order chi connectivity index (χ1) is 12.2. The second-order valence-corrected chi connectivity index (χ2v) is 6.79. The number of benzene rings is 2. The Hall–Kier alpha value is -3.15. The Morgan fingerprint density at radius 3 is 1.81 bits per heavy atom. The third kappa shape index (κ3) is 2.73. The van der Waals surface area contributed by atoms with Crippen molar-refractivity contribution in [2.75, 3.05) is 38.0 Å². The zero-order valence-corrected chi connectivity index (χ0v) is 15.2. The van der Waals surface area contributed by atoms with E-state index in [1.165, 1.54) is 0 Å². The predicted octanol–water partition coefficient (Wildman–Crippen LogP) is 2.87. The standard InChI is InChI=1S/C20H22N2O4/c1-21(2)11-5-7-13(15(23)9-11)17-19(25)18(20(17)26)14-8-6-12(22(3)4)10-16(14)24/h5-10,17,23-25H,1-4H3. The molecule has 0 amide bonds.